The lowest BCUT2D eigenvalue weighted by Crippen LogP contribution is -2.30. The van der Waals surface area contributed by atoms with Crippen molar-refractivity contribution >= 4 is 17.3 Å². The van der Waals surface area contributed by atoms with Crippen LogP contribution in [-0.2, 0) is 14.9 Å². The number of esters is 1. The lowest BCUT2D eigenvalue weighted by Gasteiger charge is -2.18. The zero-order valence-electron chi connectivity index (χ0n) is 9.83. The van der Waals surface area contributed by atoms with E-state index < -0.39 is 5.41 Å². The van der Waals surface area contributed by atoms with Gasteiger partial charge in [-0.3, -0.25) is 4.79 Å². The average Bonchev–Trinajstić information content (AvgIpc) is 2.65. The third-order valence-electron chi connectivity index (χ3n) is 2.35. The van der Waals surface area contributed by atoms with Crippen molar-refractivity contribution in [3.63, 3.8) is 0 Å². The molecule has 1 heterocycles. The molecule has 1 aromatic heterocycles. The number of rotatable bonds is 3. The minimum Gasteiger partial charge on any atom is -0.468 e. The predicted octanol–water partition coefficient (Wildman–Crippen LogP) is 2.72. The summed E-state index contributed by atoms with van der Waals surface area (Å²) in [6.07, 6.45) is 0. The third kappa shape index (κ3) is 2.37. The molecule has 0 atom stereocenters. The van der Waals surface area contributed by atoms with Crippen LogP contribution in [0.15, 0.2) is 5.38 Å². The molecule has 0 saturated carbocycles. The Labute approximate surface area is 94.5 Å². The van der Waals surface area contributed by atoms with Crippen molar-refractivity contribution in [3.8, 4) is 0 Å². The van der Waals surface area contributed by atoms with Crippen molar-refractivity contribution in [2.45, 2.75) is 39.0 Å². The molecule has 1 rings (SSSR count). The molecule has 0 saturated heterocycles. The maximum atomic E-state index is 11.6. The van der Waals surface area contributed by atoms with Crippen LogP contribution in [0.5, 0.6) is 0 Å². The normalized spacial score (nSPS) is 11.9. The third-order valence-corrected chi connectivity index (χ3v) is 3.50. The quantitative estimate of drug-likeness (QED) is 0.745. The number of hydrogen-bond donors (Lipinski definition) is 0. The van der Waals surface area contributed by atoms with Crippen LogP contribution in [0.2, 0.25) is 0 Å². The van der Waals surface area contributed by atoms with E-state index in [1.54, 1.807) is 11.3 Å². The van der Waals surface area contributed by atoms with Gasteiger partial charge in [0.25, 0.3) is 0 Å². The highest BCUT2D eigenvalue weighted by Crippen LogP contribution is 2.28. The van der Waals surface area contributed by atoms with Crippen LogP contribution in [0.1, 0.15) is 44.3 Å². The zero-order chi connectivity index (χ0) is 11.6. The molecule has 0 fully saturated rings. The van der Waals surface area contributed by atoms with Gasteiger partial charge in [-0.05, 0) is 13.8 Å². The van der Waals surface area contributed by atoms with Gasteiger partial charge in [0.15, 0.2) is 0 Å². The Morgan fingerprint density at radius 1 is 1.53 bits per heavy atom. The van der Waals surface area contributed by atoms with Crippen LogP contribution >= 0.6 is 11.3 Å². The summed E-state index contributed by atoms with van der Waals surface area (Å²) in [7, 11) is 1.40. The Bertz CT molecular complexity index is 355. The van der Waals surface area contributed by atoms with Crippen LogP contribution in [0, 0.1) is 0 Å². The molecule has 3 nitrogen and oxygen atoms in total. The van der Waals surface area contributed by atoms with Crippen LogP contribution in [0.25, 0.3) is 0 Å². The van der Waals surface area contributed by atoms with Crippen molar-refractivity contribution in [3.05, 3.63) is 16.1 Å². The minimum absolute atomic E-state index is 0.247. The molecule has 0 N–H and O–H groups in total. The van der Waals surface area contributed by atoms with Crippen LogP contribution in [0.4, 0.5) is 0 Å². The first-order valence-electron chi connectivity index (χ1n) is 4.94. The Kier molecular flexibility index (Phi) is 3.50. The maximum Gasteiger partial charge on any atom is 0.317 e. The van der Waals surface area contributed by atoms with E-state index in [-0.39, 0.29) is 5.97 Å². The number of aromatic nitrogens is 1. The van der Waals surface area contributed by atoms with Gasteiger partial charge in [0.05, 0.1) is 17.8 Å². The first-order chi connectivity index (χ1) is 6.89. The van der Waals surface area contributed by atoms with Gasteiger partial charge in [-0.1, -0.05) is 13.8 Å². The molecule has 0 aliphatic rings. The molecule has 1 aromatic rings. The van der Waals surface area contributed by atoms with Gasteiger partial charge in [0.2, 0.25) is 0 Å². The zero-order valence-corrected chi connectivity index (χ0v) is 10.6. The summed E-state index contributed by atoms with van der Waals surface area (Å²) in [5.74, 6) is 0.153. The lowest BCUT2D eigenvalue weighted by atomic mass is 9.90. The van der Waals surface area contributed by atoms with Crippen LogP contribution < -0.4 is 0 Å². The molecular formula is C11H17NO2S. The summed E-state index contributed by atoms with van der Waals surface area (Å²) in [6, 6.07) is 0. The molecule has 4 heteroatoms. The number of carbonyl (C=O) groups is 1. The highest BCUT2D eigenvalue weighted by molar-refractivity contribution is 7.09. The van der Waals surface area contributed by atoms with E-state index >= 15 is 0 Å². The van der Waals surface area contributed by atoms with Gasteiger partial charge >= 0.3 is 5.97 Å². The molecular weight excluding hydrogens is 210 g/mol. The van der Waals surface area contributed by atoms with E-state index in [0.29, 0.717) is 5.92 Å². The molecule has 15 heavy (non-hydrogen) atoms. The van der Waals surface area contributed by atoms with Crippen molar-refractivity contribution in [2.75, 3.05) is 7.11 Å². The van der Waals surface area contributed by atoms with Gasteiger partial charge in [0, 0.05) is 11.3 Å². The number of carbonyl (C=O) groups excluding carboxylic acids is 1. The van der Waals surface area contributed by atoms with Crippen LogP contribution in [0.3, 0.4) is 0 Å². The van der Waals surface area contributed by atoms with E-state index in [4.69, 9.17) is 4.74 Å². The fraction of sp³-hybridized carbons (Fsp3) is 0.636. The van der Waals surface area contributed by atoms with Gasteiger partial charge in [0.1, 0.15) is 5.41 Å². The summed E-state index contributed by atoms with van der Waals surface area (Å²) in [4.78, 5) is 16.0. The topological polar surface area (TPSA) is 39.2 Å². The predicted molar refractivity (Wildman–Crippen MR) is 61.2 cm³/mol. The SMILES string of the molecule is COC(=O)C(C)(C)c1csc(C(C)C)n1. The highest BCUT2D eigenvalue weighted by Gasteiger charge is 2.33. The summed E-state index contributed by atoms with van der Waals surface area (Å²) >= 11 is 1.59. The Hall–Kier alpha value is -0.900. The largest absolute Gasteiger partial charge is 0.468 e. The summed E-state index contributed by atoms with van der Waals surface area (Å²) in [5, 5.41) is 2.99. The van der Waals surface area contributed by atoms with Gasteiger partial charge in [-0.25, -0.2) is 4.98 Å². The fourth-order valence-corrected chi connectivity index (χ4v) is 2.20. The minimum atomic E-state index is -0.654. The molecule has 84 valence electrons. The van der Waals surface area contributed by atoms with Gasteiger partial charge in [-0.15, -0.1) is 11.3 Å². The molecule has 0 unspecified atom stereocenters. The van der Waals surface area contributed by atoms with Crippen LogP contribution in [-0.4, -0.2) is 18.1 Å². The molecule has 0 aliphatic heterocycles. The van der Waals surface area contributed by atoms with E-state index in [2.05, 4.69) is 18.8 Å². The van der Waals surface area contributed by atoms with Crippen molar-refractivity contribution in [2.24, 2.45) is 0 Å². The molecule has 0 aromatic carbocycles. The van der Waals surface area contributed by atoms with E-state index in [0.717, 1.165) is 10.7 Å². The second kappa shape index (κ2) is 4.31. The Morgan fingerprint density at radius 3 is 2.53 bits per heavy atom. The molecule has 0 spiro atoms. The number of ether oxygens (including phenoxy) is 1. The number of hydrogen-bond acceptors (Lipinski definition) is 4. The number of nitrogens with zero attached hydrogens (tertiary/aromatic N) is 1. The smallest absolute Gasteiger partial charge is 0.317 e. The fourth-order valence-electron chi connectivity index (χ4n) is 1.20. The van der Waals surface area contributed by atoms with Crippen molar-refractivity contribution < 1.29 is 9.53 Å². The maximum absolute atomic E-state index is 11.6. The van der Waals surface area contributed by atoms with Gasteiger partial charge < -0.3 is 4.74 Å². The van der Waals surface area contributed by atoms with E-state index in [1.807, 2.05) is 19.2 Å². The second-order valence-corrected chi connectivity index (χ2v) is 5.23. The molecule has 0 aliphatic carbocycles. The standard InChI is InChI=1S/C11H17NO2S/c1-7(2)9-12-8(6-15-9)11(3,4)10(13)14-5/h6-7H,1-5H3. The molecule has 0 amide bonds. The van der Waals surface area contributed by atoms with E-state index in [9.17, 15) is 4.79 Å². The first kappa shape index (κ1) is 12.2. The molecule has 0 radical (unpaired) electrons. The van der Waals surface area contributed by atoms with E-state index in [1.165, 1.54) is 7.11 Å². The number of thiazole rings is 1. The molecule has 0 bridgehead atoms. The Balaban J connectivity index is 3.00. The monoisotopic (exact) mass is 227 g/mol. The lowest BCUT2D eigenvalue weighted by molar-refractivity contribution is -0.146. The summed E-state index contributed by atoms with van der Waals surface area (Å²) < 4.78 is 4.76. The second-order valence-electron chi connectivity index (χ2n) is 4.34. The van der Waals surface area contributed by atoms with Crippen molar-refractivity contribution in [1.82, 2.24) is 4.98 Å². The van der Waals surface area contributed by atoms with Gasteiger partial charge in [-0.2, -0.15) is 0 Å². The number of methoxy groups -OCH3 is 1. The summed E-state index contributed by atoms with van der Waals surface area (Å²) in [6.45, 7) is 7.84. The average molecular weight is 227 g/mol. The summed E-state index contributed by atoms with van der Waals surface area (Å²) in [5.41, 5.74) is 0.140. The highest BCUT2D eigenvalue weighted by atomic mass is 32.1. The van der Waals surface area contributed by atoms with Crippen molar-refractivity contribution in [1.29, 1.82) is 0 Å². The first-order valence-corrected chi connectivity index (χ1v) is 5.82. The Morgan fingerprint density at radius 2 is 2.13 bits per heavy atom.